The minimum atomic E-state index is -3.19. The summed E-state index contributed by atoms with van der Waals surface area (Å²) in [5.74, 6) is -0.183. The summed E-state index contributed by atoms with van der Waals surface area (Å²) < 4.78 is 25.2. The molecule has 0 radical (unpaired) electrons. The number of aromatic amines is 1. The molecule has 0 saturated carbocycles. The van der Waals surface area contributed by atoms with Crippen LogP contribution in [0.3, 0.4) is 0 Å². The maximum absolute atomic E-state index is 11.9. The Morgan fingerprint density at radius 2 is 2.00 bits per heavy atom. The highest BCUT2D eigenvalue weighted by molar-refractivity contribution is 7.89. The van der Waals surface area contributed by atoms with Gasteiger partial charge in [-0.2, -0.15) is 9.52 Å². The van der Waals surface area contributed by atoms with E-state index in [0.717, 1.165) is 0 Å². The van der Waals surface area contributed by atoms with Crippen LogP contribution in [0.2, 0.25) is 0 Å². The number of carbonyl (C=O) groups excluding carboxylic acids is 1. The van der Waals surface area contributed by atoms with E-state index in [4.69, 9.17) is 0 Å². The lowest BCUT2D eigenvalue weighted by molar-refractivity contribution is 0.0685. The van der Waals surface area contributed by atoms with Gasteiger partial charge in [0.25, 0.3) is 11.7 Å². The molecule has 10 heteroatoms. The van der Waals surface area contributed by atoms with Crippen molar-refractivity contribution in [1.29, 1.82) is 0 Å². The van der Waals surface area contributed by atoms with Crippen molar-refractivity contribution in [3.63, 3.8) is 0 Å². The monoisotopic (exact) mass is 288 g/mol. The maximum atomic E-state index is 11.9. The van der Waals surface area contributed by atoms with E-state index in [0.29, 0.717) is 32.6 Å². The summed E-state index contributed by atoms with van der Waals surface area (Å²) in [6, 6.07) is 0. The molecule has 9 nitrogen and oxygen atoms in total. The molecule has 0 unspecified atom stereocenters. The number of amides is 1. The second-order valence-corrected chi connectivity index (χ2v) is 6.33. The normalized spacial score (nSPS) is 17.6. The Morgan fingerprint density at radius 1 is 1.32 bits per heavy atom. The van der Waals surface area contributed by atoms with Crippen LogP contribution < -0.4 is 0 Å². The van der Waals surface area contributed by atoms with Gasteiger partial charge >= 0.3 is 0 Å². The topological polar surface area (TPSA) is 112 Å². The van der Waals surface area contributed by atoms with Gasteiger partial charge in [0, 0.05) is 26.2 Å². The van der Waals surface area contributed by atoms with Gasteiger partial charge in [-0.25, -0.2) is 8.42 Å². The van der Waals surface area contributed by atoms with Crippen LogP contribution >= 0.6 is 0 Å². The Morgan fingerprint density at radius 3 is 2.53 bits per heavy atom. The number of rotatable bonds is 4. The SMILES string of the molecule is CCCS(=O)(=O)N1CCN(C(=O)c2nn[nH]n2)CC1. The Kier molecular flexibility index (Phi) is 4.10. The number of piperazine rings is 1. The zero-order valence-corrected chi connectivity index (χ0v) is 11.4. The maximum Gasteiger partial charge on any atom is 0.295 e. The molecule has 106 valence electrons. The highest BCUT2D eigenvalue weighted by atomic mass is 32.2. The fourth-order valence-corrected chi connectivity index (χ4v) is 3.44. The first kappa shape index (κ1) is 13.9. The smallest absolute Gasteiger partial charge is 0.295 e. The van der Waals surface area contributed by atoms with Crippen molar-refractivity contribution in [1.82, 2.24) is 29.8 Å². The highest BCUT2D eigenvalue weighted by Crippen LogP contribution is 2.10. The Labute approximate surface area is 111 Å². The lowest BCUT2D eigenvalue weighted by atomic mass is 10.3. The van der Waals surface area contributed by atoms with Gasteiger partial charge in [-0.05, 0) is 11.6 Å². The van der Waals surface area contributed by atoms with E-state index < -0.39 is 10.0 Å². The predicted molar refractivity (Wildman–Crippen MR) is 65.7 cm³/mol. The standard InChI is InChI=1S/C9H16N6O3S/c1-2-7-19(17,18)15-5-3-14(4-6-15)9(16)8-10-12-13-11-8/h2-7H2,1H3,(H,10,11,12,13). The number of tetrazole rings is 1. The van der Waals surface area contributed by atoms with Crippen LogP contribution in [0.1, 0.15) is 24.0 Å². The van der Waals surface area contributed by atoms with Crippen molar-refractivity contribution in [2.45, 2.75) is 13.3 Å². The van der Waals surface area contributed by atoms with E-state index in [2.05, 4.69) is 20.6 Å². The van der Waals surface area contributed by atoms with Crippen molar-refractivity contribution >= 4 is 15.9 Å². The van der Waals surface area contributed by atoms with Crippen LogP contribution in [-0.4, -0.2) is 76.1 Å². The number of nitrogens with zero attached hydrogens (tertiary/aromatic N) is 5. The van der Waals surface area contributed by atoms with Gasteiger partial charge in [0.05, 0.1) is 5.75 Å². The van der Waals surface area contributed by atoms with Crippen LogP contribution in [0, 0.1) is 0 Å². The van der Waals surface area contributed by atoms with Crippen LogP contribution in [0.4, 0.5) is 0 Å². The molecule has 0 bridgehead atoms. The molecular weight excluding hydrogens is 272 g/mol. The van der Waals surface area contributed by atoms with Crippen molar-refractivity contribution in [3.8, 4) is 0 Å². The number of aromatic nitrogens is 4. The third-order valence-electron chi connectivity index (χ3n) is 2.92. The van der Waals surface area contributed by atoms with Gasteiger partial charge in [-0.15, -0.1) is 10.2 Å². The summed E-state index contributed by atoms with van der Waals surface area (Å²) in [4.78, 5) is 13.4. The van der Waals surface area contributed by atoms with Crippen molar-refractivity contribution < 1.29 is 13.2 Å². The van der Waals surface area contributed by atoms with Gasteiger partial charge in [0.1, 0.15) is 0 Å². The molecule has 1 N–H and O–H groups in total. The lowest BCUT2D eigenvalue weighted by Crippen LogP contribution is -2.51. The molecule has 19 heavy (non-hydrogen) atoms. The number of nitrogens with one attached hydrogen (secondary N) is 1. The minimum absolute atomic E-state index is 0.00450. The summed E-state index contributed by atoms with van der Waals surface area (Å²) in [6.07, 6.45) is 0.588. The Hall–Kier alpha value is -1.55. The number of carbonyl (C=O) groups is 1. The highest BCUT2D eigenvalue weighted by Gasteiger charge is 2.29. The van der Waals surface area contributed by atoms with Crippen LogP contribution in [0.15, 0.2) is 0 Å². The molecule has 0 spiro atoms. The van der Waals surface area contributed by atoms with E-state index >= 15 is 0 Å². The molecule has 1 fully saturated rings. The van der Waals surface area contributed by atoms with E-state index in [-0.39, 0.29) is 17.5 Å². The fraction of sp³-hybridized carbons (Fsp3) is 0.778. The molecule has 2 heterocycles. The summed E-state index contributed by atoms with van der Waals surface area (Å²) in [6.45, 7) is 3.14. The van der Waals surface area contributed by atoms with Crippen molar-refractivity contribution in [2.75, 3.05) is 31.9 Å². The lowest BCUT2D eigenvalue weighted by Gasteiger charge is -2.33. The number of hydrogen-bond donors (Lipinski definition) is 1. The van der Waals surface area contributed by atoms with E-state index in [1.54, 1.807) is 0 Å². The minimum Gasteiger partial charge on any atom is -0.333 e. The third kappa shape index (κ3) is 3.07. The van der Waals surface area contributed by atoms with Gasteiger partial charge in [-0.1, -0.05) is 6.92 Å². The average Bonchev–Trinajstić information content (AvgIpc) is 2.92. The number of H-pyrrole nitrogens is 1. The number of hydrogen-bond acceptors (Lipinski definition) is 6. The largest absolute Gasteiger partial charge is 0.333 e. The first-order valence-corrected chi connectivity index (χ1v) is 7.66. The zero-order chi connectivity index (χ0) is 13.9. The van der Waals surface area contributed by atoms with E-state index in [9.17, 15) is 13.2 Å². The molecule has 2 rings (SSSR count). The van der Waals surface area contributed by atoms with E-state index in [1.165, 1.54) is 9.21 Å². The molecule has 1 amide bonds. The molecular formula is C9H16N6O3S. The summed E-state index contributed by atoms with van der Waals surface area (Å²) in [5.41, 5.74) is 0. The summed E-state index contributed by atoms with van der Waals surface area (Å²) >= 11 is 0. The van der Waals surface area contributed by atoms with Gasteiger partial charge < -0.3 is 4.90 Å². The molecule has 1 saturated heterocycles. The van der Waals surface area contributed by atoms with Crippen LogP contribution in [0.25, 0.3) is 0 Å². The molecule has 1 aliphatic rings. The second-order valence-electron chi connectivity index (χ2n) is 4.24. The molecule has 0 aliphatic carbocycles. The quantitative estimate of drug-likeness (QED) is 0.736. The first-order valence-electron chi connectivity index (χ1n) is 6.05. The van der Waals surface area contributed by atoms with Crippen molar-refractivity contribution in [2.24, 2.45) is 0 Å². The third-order valence-corrected chi connectivity index (χ3v) is 4.99. The summed E-state index contributed by atoms with van der Waals surface area (Å²) in [5, 5.41) is 12.8. The molecule has 0 aromatic carbocycles. The predicted octanol–water partition coefficient (Wildman–Crippen LogP) is -1.30. The molecule has 1 aromatic heterocycles. The van der Waals surface area contributed by atoms with Crippen LogP contribution in [-0.2, 0) is 10.0 Å². The zero-order valence-electron chi connectivity index (χ0n) is 10.6. The summed E-state index contributed by atoms with van der Waals surface area (Å²) in [7, 11) is -3.19. The Balaban J connectivity index is 1.94. The van der Waals surface area contributed by atoms with Crippen molar-refractivity contribution in [3.05, 3.63) is 5.82 Å². The van der Waals surface area contributed by atoms with Gasteiger partial charge in [0.2, 0.25) is 10.0 Å². The average molecular weight is 288 g/mol. The second kappa shape index (κ2) is 5.61. The fourth-order valence-electron chi connectivity index (χ4n) is 1.95. The first-order chi connectivity index (χ1) is 9.04. The van der Waals surface area contributed by atoms with Crippen LogP contribution in [0.5, 0.6) is 0 Å². The van der Waals surface area contributed by atoms with E-state index in [1.807, 2.05) is 6.92 Å². The molecule has 1 aliphatic heterocycles. The number of sulfonamides is 1. The Bertz CT molecular complexity index is 520. The molecule has 1 aromatic rings. The molecule has 0 atom stereocenters. The van der Waals surface area contributed by atoms with Gasteiger partial charge in [-0.3, -0.25) is 4.79 Å². The van der Waals surface area contributed by atoms with Gasteiger partial charge in [0.15, 0.2) is 0 Å².